The van der Waals surface area contributed by atoms with E-state index in [0.717, 1.165) is 42.0 Å². The molecule has 0 saturated carbocycles. The normalized spacial score (nSPS) is 18.5. The minimum atomic E-state index is -0.292. The maximum atomic E-state index is 12.8. The van der Waals surface area contributed by atoms with Crippen LogP contribution in [0.3, 0.4) is 0 Å². The van der Waals surface area contributed by atoms with Crippen molar-refractivity contribution in [3.8, 4) is 5.75 Å². The Morgan fingerprint density at radius 2 is 2.12 bits per heavy atom. The summed E-state index contributed by atoms with van der Waals surface area (Å²) in [6.07, 6.45) is 13.6. The Balaban J connectivity index is 1.78. The number of amides is 1. The molecule has 0 saturated heterocycles. The fraction of sp³-hybridized carbons (Fsp3) is 0.381. The Bertz CT molecular complexity index is 685. The van der Waals surface area contributed by atoms with Gasteiger partial charge in [0.1, 0.15) is 11.5 Å². The number of benzene rings is 1. The van der Waals surface area contributed by atoms with Crippen LogP contribution in [0.25, 0.3) is 0 Å². The molecule has 0 aromatic heterocycles. The van der Waals surface area contributed by atoms with Gasteiger partial charge in [-0.3, -0.25) is 4.79 Å². The molecule has 1 unspecified atom stereocenters. The maximum Gasteiger partial charge on any atom is 0.231 e. The summed E-state index contributed by atoms with van der Waals surface area (Å²) in [5, 5.41) is 3.10. The SMILES string of the molecule is CCCCCCNC(=O)C1C=C2CC=CC=C2Oc2ccccc21. The zero-order chi connectivity index (χ0) is 16.8. The number of carbonyl (C=O) groups excluding carboxylic acids is 1. The van der Waals surface area contributed by atoms with E-state index >= 15 is 0 Å². The fourth-order valence-corrected chi connectivity index (χ4v) is 3.14. The van der Waals surface area contributed by atoms with E-state index < -0.39 is 0 Å². The second-order valence-corrected chi connectivity index (χ2v) is 6.32. The molecule has 0 bridgehead atoms. The van der Waals surface area contributed by atoms with Gasteiger partial charge in [-0.1, -0.05) is 62.6 Å². The largest absolute Gasteiger partial charge is 0.457 e. The number of fused-ring (bicyclic) bond motifs is 2. The summed E-state index contributed by atoms with van der Waals surface area (Å²) in [5.41, 5.74) is 2.02. The second kappa shape index (κ2) is 8.00. The lowest BCUT2D eigenvalue weighted by molar-refractivity contribution is -0.121. The summed E-state index contributed by atoms with van der Waals surface area (Å²) < 4.78 is 6.06. The first kappa shape index (κ1) is 16.6. The maximum absolute atomic E-state index is 12.8. The van der Waals surface area contributed by atoms with Crippen LogP contribution >= 0.6 is 0 Å². The molecule has 1 aliphatic carbocycles. The average molecular weight is 323 g/mol. The highest BCUT2D eigenvalue weighted by Crippen LogP contribution is 2.37. The van der Waals surface area contributed by atoms with Crippen LogP contribution in [0, 0.1) is 0 Å². The van der Waals surface area contributed by atoms with Crippen LogP contribution in [0.15, 0.2) is 59.9 Å². The molecule has 1 aliphatic heterocycles. The van der Waals surface area contributed by atoms with Crippen molar-refractivity contribution in [2.24, 2.45) is 0 Å². The first-order valence-electron chi connectivity index (χ1n) is 8.92. The average Bonchev–Trinajstić information content (AvgIpc) is 2.78. The lowest BCUT2D eigenvalue weighted by Crippen LogP contribution is -2.29. The molecule has 1 aromatic rings. The molecule has 0 radical (unpaired) electrons. The van der Waals surface area contributed by atoms with E-state index in [4.69, 9.17) is 4.74 Å². The standard InChI is InChI=1S/C21H25NO2/c1-2-3-4-9-14-22-21(23)18-15-16-10-5-7-12-19(16)24-20-13-8-6-11-17(18)20/h5-8,11-13,15,18H,2-4,9-10,14H2,1H3,(H,22,23). The fourth-order valence-electron chi connectivity index (χ4n) is 3.14. The number of rotatable bonds is 6. The van der Waals surface area contributed by atoms with Gasteiger partial charge >= 0.3 is 0 Å². The predicted octanol–water partition coefficient (Wildman–Crippen LogP) is 4.63. The van der Waals surface area contributed by atoms with Gasteiger partial charge in [0.15, 0.2) is 0 Å². The highest BCUT2D eigenvalue weighted by atomic mass is 16.5. The minimum Gasteiger partial charge on any atom is -0.457 e. The Hall–Kier alpha value is -2.29. The Morgan fingerprint density at radius 1 is 1.25 bits per heavy atom. The summed E-state index contributed by atoms with van der Waals surface area (Å²) in [4.78, 5) is 12.8. The van der Waals surface area contributed by atoms with Crippen LogP contribution in [-0.2, 0) is 4.79 Å². The summed E-state index contributed by atoms with van der Waals surface area (Å²) in [6.45, 7) is 2.93. The topological polar surface area (TPSA) is 38.3 Å². The summed E-state index contributed by atoms with van der Waals surface area (Å²) >= 11 is 0. The molecule has 1 atom stereocenters. The van der Waals surface area contributed by atoms with Gasteiger partial charge in [0.25, 0.3) is 0 Å². The van der Waals surface area contributed by atoms with Crippen LogP contribution < -0.4 is 10.1 Å². The zero-order valence-corrected chi connectivity index (χ0v) is 14.3. The van der Waals surface area contributed by atoms with Crippen molar-refractivity contribution in [2.45, 2.75) is 44.9 Å². The monoisotopic (exact) mass is 323 g/mol. The van der Waals surface area contributed by atoms with E-state index in [2.05, 4.69) is 24.4 Å². The number of ether oxygens (including phenoxy) is 1. The Morgan fingerprint density at radius 3 is 3.00 bits per heavy atom. The second-order valence-electron chi connectivity index (χ2n) is 6.32. The summed E-state index contributed by atoms with van der Waals surface area (Å²) in [7, 11) is 0. The number of nitrogens with one attached hydrogen (secondary N) is 1. The number of hydrogen-bond acceptors (Lipinski definition) is 2. The van der Waals surface area contributed by atoms with Crippen molar-refractivity contribution < 1.29 is 9.53 Å². The first-order chi connectivity index (χ1) is 11.8. The molecular weight excluding hydrogens is 298 g/mol. The third-order valence-corrected chi connectivity index (χ3v) is 4.49. The molecule has 1 aromatic carbocycles. The Kier molecular flexibility index (Phi) is 5.52. The first-order valence-corrected chi connectivity index (χ1v) is 8.92. The number of allylic oxidation sites excluding steroid dienone is 4. The third kappa shape index (κ3) is 3.78. The quantitative estimate of drug-likeness (QED) is 0.775. The van der Waals surface area contributed by atoms with Crippen LogP contribution in [0.2, 0.25) is 0 Å². The van der Waals surface area contributed by atoms with Gasteiger partial charge in [-0.2, -0.15) is 0 Å². The third-order valence-electron chi connectivity index (χ3n) is 4.49. The summed E-state index contributed by atoms with van der Waals surface area (Å²) in [5.74, 6) is 1.39. The predicted molar refractivity (Wildman–Crippen MR) is 96.9 cm³/mol. The van der Waals surface area contributed by atoms with Crippen molar-refractivity contribution in [1.29, 1.82) is 0 Å². The highest BCUT2D eigenvalue weighted by molar-refractivity contribution is 5.87. The molecule has 3 heteroatoms. The van der Waals surface area contributed by atoms with Gasteiger partial charge in [0, 0.05) is 12.1 Å². The number of para-hydroxylation sites is 1. The molecule has 1 amide bonds. The molecule has 24 heavy (non-hydrogen) atoms. The lowest BCUT2D eigenvalue weighted by atomic mass is 9.93. The molecule has 1 N–H and O–H groups in total. The van der Waals surface area contributed by atoms with Crippen molar-refractivity contribution in [3.05, 3.63) is 65.5 Å². The molecule has 0 fully saturated rings. The number of unbranched alkanes of at least 4 members (excludes halogenated alkanes) is 3. The molecular formula is C21H25NO2. The molecule has 126 valence electrons. The molecule has 0 spiro atoms. The number of hydrogen-bond donors (Lipinski definition) is 1. The van der Waals surface area contributed by atoms with Crippen LogP contribution in [0.5, 0.6) is 5.75 Å². The van der Waals surface area contributed by atoms with Crippen LogP contribution in [-0.4, -0.2) is 12.5 Å². The van der Waals surface area contributed by atoms with Gasteiger partial charge in [-0.15, -0.1) is 0 Å². The molecule has 3 nitrogen and oxygen atoms in total. The summed E-state index contributed by atoms with van der Waals surface area (Å²) in [6, 6.07) is 7.83. The zero-order valence-electron chi connectivity index (χ0n) is 14.3. The van der Waals surface area contributed by atoms with Crippen molar-refractivity contribution in [3.63, 3.8) is 0 Å². The smallest absolute Gasteiger partial charge is 0.231 e. The van der Waals surface area contributed by atoms with Gasteiger partial charge < -0.3 is 10.1 Å². The molecule has 2 aliphatic rings. The molecule has 1 heterocycles. The lowest BCUT2D eigenvalue weighted by Gasteiger charge is -2.15. The van der Waals surface area contributed by atoms with Gasteiger partial charge in [-0.05, 0) is 30.6 Å². The highest BCUT2D eigenvalue weighted by Gasteiger charge is 2.27. The van der Waals surface area contributed by atoms with E-state index in [1.54, 1.807) is 0 Å². The van der Waals surface area contributed by atoms with Gasteiger partial charge in [-0.25, -0.2) is 0 Å². The van der Waals surface area contributed by atoms with E-state index in [1.165, 1.54) is 19.3 Å². The van der Waals surface area contributed by atoms with Crippen LogP contribution in [0.1, 0.15) is 50.5 Å². The van der Waals surface area contributed by atoms with E-state index in [-0.39, 0.29) is 11.8 Å². The van der Waals surface area contributed by atoms with E-state index in [0.29, 0.717) is 0 Å². The van der Waals surface area contributed by atoms with Gasteiger partial charge in [0.05, 0.1) is 5.92 Å². The van der Waals surface area contributed by atoms with Crippen molar-refractivity contribution in [1.82, 2.24) is 5.32 Å². The van der Waals surface area contributed by atoms with Crippen LogP contribution in [0.4, 0.5) is 0 Å². The minimum absolute atomic E-state index is 0.0610. The van der Waals surface area contributed by atoms with Crippen molar-refractivity contribution in [2.75, 3.05) is 6.54 Å². The molecule has 3 rings (SSSR count). The van der Waals surface area contributed by atoms with E-state index in [9.17, 15) is 4.79 Å². The Labute approximate surface area is 144 Å². The number of carbonyl (C=O) groups is 1. The van der Waals surface area contributed by atoms with Crippen molar-refractivity contribution >= 4 is 5.91 Å². The van der Waals surface area contributed by atoms with Gasteiger partial charge in [0.2, 0.25) is 5.91 Å². The van der Waals surface area contributed by atoms with E-state index in [1.807, 2.05) is 36.4 Å².